The number of hydrogen-bond donors (Lipinski definition) is 2. The lowest BCUT2D eigenvalue weighted by Crippen LogP contribution is -2.39. The summed E-state index contributed by atoms with van der Waals surface area (Å²) in [6, 6.07) is 0.387. The molecule has 0 unspecified atom stereocenters. The molecule has 0 saturated heterocycles. The molecule has 0 atom stereocenters. The van der Waals surface area contributed by atoms with Gasteiger partial charge >= 0.3 is 0 Å². The Morgan fingerprint density at radius 2 is 2.11 bits per heavy atom. The summed E-state index contributed by atoms with van der Waals surface area (Å²) in [4.78, 5) is 20.0. The quantitative estimate of drug-likeness (QED) is 0.813. The van der Waals surface area contributed by atoms with Crippen molar-refractivity contribution in [3.8, 4) is 0 Å². The molecule has 1 amide bonds. The Hall–Kier alpha value is -1.49. The zero-order chi connectivity index (χ0) is 12.8. The molecule has 1 fully saturated rings. The molecule has 5 heteroatoms. The summed E-state index contributed by atoms with van der Waals surface area (Å²) < 4.78 is 0. The van der Waals surface area contributed by atoms with E-state index >= 15 is 0 Å². The molecular formula is C13H20N4O. The third-order valence-electron chi connectivity index (χ3n) is 3.15. The number of hydrogen-bond acceptors (Lipinski definition) is 4. The SMILES string of the molecule is Cc1cnc(CNCC(=O)NC2CCCC2)cn1. The van der Waals surface area contributed by atoms with Gasteiger partial charge in [-0.1, -0.05) is 12.8 Å². The number of aryl methyl sites for hydroxylation is 1. The molecule has 98 valence electrons. The van der Waals surface area contributed by atoms with Gasteiger partial charge in [-0.05, 0) is 19.8 Å². The van der Waals surface area contributed by atoms with E-state index in [0.717, 1.165) is 24.2 Å². The van der Waals surface area contributed by atoms with E-state index in [1.807, 2.05) is 6.92 Å². The fraction of sp³-hybridized carbons (Fsp3) is 0.615. The van der Waals surface area contributed by atoms with E-state index < -0.39 is 0 Å². The highest BCUT2D eigenvalue weighted by atomic mass is 16.1. The van der Waals surface area contributed by atoms with Crippen molar-refractivity contribution in [3.05, 3.63) is 23.8 Å². The van der Waals surface area contributed by atoms with Gasteiger partial charge < -0.3 is 10.6 Å². The van der Waals surface area contributed by atoms with Gasteiger partial charge in [-0.2, -0.15) is 0 Å². The third kappa shape index (κ3) is 4.07. The van der Waals surface area contributed by atoms with Crippen LogP contribution >= 0.6 is 0 Å². The van der Waals surface area contributed by atoms with E-state index in [4.69, 9.17) is 0 Å². The number of nitrogens with one attached hydrogen (secondary N) is 2. The van der Waals surface area contributed by atoms with Crippen LogP contribution in [0.5, 0.6) is 0 Å². The van der Waals surface area contributed by atoms with E-state index in [0.29, 0.717) is 19.1 Å². The Kier molecular flexibility index (Phi) is 4.64. The minimum atomic E-state index is 0.0713. The van der Waals surface area contributed by atoms with Crippen molar-refractivity contribution in [2.45, 2.75) is 45.2 Å². The normalized spacial score (nSPS) is 15.8. The van der Waals surface area contributed by atoms with Crippen molar-refractivity contribution in [1.82, 2.24) is 20.6 Å². The summed E-state index contributed by atoms with van der Waals surface area (Å²) in [6.45, 7) is 2.82. The fourth-order valence-electron chi connectivity index (χ4n) is 2.16. The molecule has 18 heavy (non-hydrogen) atoms. The molecule has 0 aromatic carbocycles. The number of aromatic nitrogens is 2. The van der Waals surface area contributed by atoms with Crippen LogP contribution in [0.3, 0.4) is 0 Å². The molecule has 1 aromatic heterocycles. The average Bonchev–Trinajstić information content (AvgIpc) is 2.84. The van der Waals surface area contributed by atoms with Crippen molar-refractivity contribution in [3.63, 3.8) is 0 Å². The summed E-state index contributed by atoms with van der Waals surface area (Å²) >= 11 is 0. The van der Waals surface area contributed by atoms with E-state index in [1.54, 1.807) is 12.4 Å². The van der Waals surface area contributed by atoms with Gasteiger partial charge in [-0.25, -0.2) is 0 Å². The van der Waals surface area contributed by atoms with Crippen LogP contribution in [0.4, 0.5) is 0 Å². The number of amides is 1. The highest BCUT2D eigenvalue weighted by Crippen LogP contribution is 2.17. The first kappa shape index (κ1) is 13.0. The smallest absolute Gasteiger partial charge is 0.234 e. The summed E-state index contributed by atoms with van der Waals surface area (Å²) in [5.41, 5.74) is 1.76. The summed E-state index contributed by atoms with van der Waals surface area (Å²) in [5, 5.41) is 6.12. The van der Waals surface area contributed by atoms with Gasteiger partial charge in [0.15, 0.2) is 0 Å². The lowest BCUT2D eigenvalue weighted by Gasteiger charge is -2.12. The van der Waals surface area contributed by atoms with Gasteiger partial charge in [-0.15, -0.1) is 0 Å². The molecule has 1 aliphatic rings. The van der Waals surface area contributed by atoms with Crippen LogP contribution in [-0.4, -0.2) is 28.5 Å². The molecule has 1 aromatic rings. The fourth-order valence-corrected chi connectivity index (χ4v) is 2.16. The van der Waals surface area contributed by atoms with Crippen molar-refractivity contribution < 1.29 is 4.79 Å². The standard InChI is InChI=1S/C13H20N4O/c1-10-6-16-12(8-15-10)7-14-9-13(18)17-11-4-2-3-5-11/h6,8,11,14H,2-5,7,9H2,1H3,(H,17,18). The van der Waals surface area contributed by atoms with Gasteiger partial charge in [0.05, 0.1) is 17.9 Å². The lowest BCUT2D eigenvalue weighted by molar-refractivity contribution is -0.120. The Bertz CT molecular complexity index is 384. The second-order valence-corrected chi connectivity index (χ2v) is 4.80. The van der Waals surface area contributed by atoms with E-state index in [1.165, 1.54) is 12.8 Å². The topological polar surface area (TPSA) is 66.9 Å². The summed E-state index contributed by atoms with van der Waals surface area (Å²) in [5.74, 6) is 0.0713. The number of rotatable bonds is 5. The predicted octanol–water partition coefficient (Wildman–Crippen LogP) is 0.933. The van der Waals surface area contributed by atoms with Crippen molar-refractivity contribution in [2.75, 3.05) is 6.54 Å². The van der Waals surface area contributed by atoms with Crippen molar-refractivity contribution in [2.24, 2.45) is 0 Å². The molecule has 1 saturated carbocycles. The molecule has 2 rings (SSSR count). The average molecular weight is 248 g/mol. The predicted molar refractivity (Wildman–Crippen MR) is 68.9 cm³/mol. The largest absolute Gasteiger partial charge is 0.352 e. The first-order valence-corrected chi connectivity index (χ1v) is 6.51. The molecular weight excluding hydrogens is 228 g/mol. The second-order valence-electron chi connectivity index (χ2n) is 4.80. The maximum Gasteiger partial charge on any atom is 0.234 e. The Morgan fingerprint density at radius 3 is 2.78 bits per heavy atom. The van der Waals surface area contributed by atoms with E-state index in [-0.39, 0.29) is 5.91 Å². The first-order chi connectivity index (χ1) is 8.74. The minimum absolute atomic E-state index is 0.0713. The van der Waals surface area contributed by atoms with Crippen LogP contribution < -0.4 is 10.6 Å². The maximum atomic E-state index is 11.6. The zero-order valence-corrected chi connectivity index (χ0v) is 10.8. The lowest BCUT2D eigenvalue weighted by atomic mass is 10.2. The molecule has 0 bridgehead atoms. The van der Waals surface area contributed by atoms with E-state index in [9.17, 15) is 4.79 Å². The second kappa shape index (κ2) is 6.44. The molecule has 5 nitrogen and oxygen atoms in total. The molecule has 1 heterocycles. The summed E-state index contributed by atoms with van der Waals surface area (Å²) in [7, 11) is 0. The van der Waals surface area contributed by atoms with Crippen molar-refractivity contribution in [1.29, 1.82) is 0 Å². The number of nitrogens with zero attached hydrogens (tertiary/aromatic N) is 2. The molecule has 0 aliphatic heterocycles. The van der Waals surface area contributed by atoms with Crippen LogP contribution in [-0.2, 0) is 11.3 Å². The number of carbonyl (C=O) groups excluding carboxylic acids is 1. The van der Waals surface area contributed by atoms with Crippen LogP contribution in [0, 0.1) is 6.92 Å². The van der Waals surface area contributed by atoms with Gasteiger partial charge in [0.25, 0.3) is 0 Å². The highest BCUT2D eigenvalue weighted by molar-refractivity contribution is 5.78. The van der Waals surface area contributed by atoms with Crippen LogP contribution in [0.25, 0.3) is 0 Å². The van der Waals surface area contributed by atoms with Gasteiger partial charge in [0.1, 0.15) is 0 Å². The van der Waals surface area contributed by atoms with Gasteiger partial charge in [0.2, 0.25) is 5.91 Å². The third-order valence-corrected chi connectivity index (χ3v) is 3.15. The number of carbonyl (C=O) groups is 1. The molecule has 0 spiro atoms. The van der Waals surface area contributed by atoms with Crippen LogP contribution in [0.2, 0.25) is 0 Å². The van der Waals surface area contributed by atoms with Gasteiger partial charge in [-0.3, -0.25) is 14.8 Å². The van der Waals surface area contributed by atoms with Crippen molar-refractivity contribution >= 4 is 5.91 Å². The van der Waals surface area contributed by atoms with Gasteiger partial charge in [0, 0.05) is 25.0 Å². The molecule has 0 radical (unpaired) electrons. The summed E-state index contributed by atoms with van der Waals surface area (Å²) in [6.07, 6.45) is 8.17. The van der Waals surface area contributed by atoms with Crippen LogP contribution in [0.15, 0.2) is 12.4 Å². The molecule has 2 N–H and O–H groups in total. The monoisotopic (exact) mass is 248 g/mol. The molecule has 1 aliphatic carbocycles. The van der Waals surface area contributed by atoms with E-state index in [2.05, 4.69) is 20.6 Å². The first-order valence-electron chi connectivity index (χ1n) is 6.51. The van der Waals surface area contributed by atoms with Crippen LogP contribution in [0.1, 0.15) is 37.1 Å². The maximum absolute atomic E-state index is 11.6. The Labute approximate surface area is 107 Å². The Morgan fingerprint density at radius 1 is 1.33 bits per heavy atom. The minimum Gasteiger partial charge on any atom is -0.352 e. The highest BCUT2D eigenvalue weighted by Gasteiger charge is 2.16. The Balaban J connectivity index is 1.65. The zero-order valence-electron chi connectivity index (χ0n) is 10.8.